The number of aliphatic imine (C=N–C) groups is 1. The third-order valence-corrected chi connectivity index (χ3v) is 8.22. The zero-order valence-corrected chi connectivity index (χ0v) is 21.5. The monoisotopic (exact) mass is 544 g/mol. The molecule has 0 aromatic heterocycles. The molecule has 0 saturated carbocycles. The van der Waals surface area contributed by atoms with Gasteiger partial charge in [-0.1, -0.05) is 37.3 Å². The van der Waals surface area contributed by atoms with Gasteiger partial charge in [0.2, 0.25) is 0 Å². The second-order valence-electron chi connectivity index (χ2n) is 8.76. The highest BCUT2D eigenvalue weighted by molar-refractivity contribution is 14.0. The normalized spacial score (nSPS) is 30.7. The number of hydrogen-bond acceptors (Lipinski definition) is 4. The van der Waals surface area contributed by atoms with Crippen LogP contribution in [0.3, 0.4) is 0 Å². The third kappa shape index (κ3) is 5.45. The molecule has 0 radical (unpaired) electrons. The van der Waals surface area contributed by atoms with Crippen molar-refractivity contribution in [2.75, 3.05) is 64.5 Å². The van der Waals surface area contributed by atoms with Crippen molar-refractivity contribution in [1.82, 2.24) is 15.1 Å². The Hall–Kier alpha value is -0.510. The first kappa shape index (κ1) is 24.1. The maximum absolute atomic E-state index is 5.60. The molecule has 1 aromatic rings. The molecule has 0 bridgehead atoms. The summed E-state index contributed by atoms with van der Waals surface area (Å²) in [5, 5.41) is 3.77. The molecular weight excluding hydrogens is 507 g/mol. The fraction of sp³-hybridized carbons (Fsp3) is 0.696. The molecule has 30 heavy (non-hydrogen) atoms. The number of hydrogen-bond donors (Lipinski definition) is 1. The number of nitrogens with zero attached hydrogens (tertiary/aromatic N) is 3. The van der Waals surface area contributed by atoms with Crippen LogP contribution in [0.2, 0.25) is 0 Å². The number of thioether (sulfide) groups is 1. The van der Waals surface area contributed by atoms with E-state index in [0.717, 1.165) is 51.9 Å². The molecule has 3 aliphatic heterocycles. The molecule has 168 valence electrons. The van der Waals surface area contributed by atoms with E-state index in [-0.39, 0.29) is 29.5 Å². The summed E-state index contributed by atoms with van der Waals surface area (Å²) in [5.74, 6) is 4.82. The summed E-state index contributed by atoms with van der Waals surface area (Å²) < 4.78 is 5.60. The molecule has 3 atom stereocenters. The van der Waals surface area contributed by atoms with Gasteiger partial charge in [0.1, 0.15) is 0 Å². The van der Waals surface area contributed by atoms with E-state index < -0.39 is 0 Å². The summed E-state index contributed by atoms with van der Waals surface area (Å²) in [6.45, 7) is 9.36. The number of guanidine groups is 1. The Bertz CT molecular complexity index is 677. The minimum absolute atomic E-state index is 0. The molecule has 3 fully saturated rings. The van der Waals surface area contributed by atoms with E-state index in [4.69, 9.17) is 4.74 Å². The average Bonchev–Trinajstić information content (AvgIpc) is 3.26. The largest absolute Gasteiger partial charge is 0.379 e. The van der Waals surface area contributed by atoms with E-state index in [1.165, 1.54) is 29.9 Å². The van der Waals surface area contributed by atoms with Crippen LogP contribution in [-0.4, -0.2) is 85.8 Å². The minimum Gasteiger partial charge on any atom is -0.379 e. The van der Waals surface area contributed by atoms with Crippen LogP contribution >= 0.6 is 35.7 Å². The fourth-order valence-electron chi connectivity index (χ4n) is 5.24. The number of nitrogens with one attached hydrogen (secondary N) is 1. The van der Waals surface area contributed by atoms with Gasteiger partial charge in [-0.15, -0.1) is 24.0 Å². The SMILES string of the molecule is CN=C(NCC1(N2CCOCC2)CCSC1)N1CCC(c2ccccc2)C(C)C1.I. The van der Waals surface area contributed by atoms with Gasteiger partial charge in [-0.25, -0.2) is 0 Å². The van der Waals surface area contributed by atoms with Crippen molar-refractivity contribution in [3.63, 3.8) is 0 Å². The number of halogens is 1. The van der Waals surface area contributed by atoms with Gasteiger partial charge in [0.05, 0.1) is 13.2 Å². The summed E-state index contributed by atoms with van der Waals surface area (Å²) in [5.41, 5.74) is 1.73. The lowest BCUT2D eigenvalue weighted by molar-refractivity contribution is -0.0122. The van der Waals surface area contributed by atoms with Gasteiger partial charge in [-0.2, -0.15) is 11.8 Å². The number of benzene rings is 1. The van der Waals surface area contributed by atoms with Gasteiger partial charge in [0.25, 0.3) is 0 Å². The van der Waals surface area contributed by atoms with Crippen molar-refractivity contribution in [3.05, 3.63) is 35.9 Å². The van der Waals surface area contributed by atoms with Crippen molar-refractivity contribution in [1.29, 1.82) is 0 Å². The molecule has 1 N–H and O–H groups in total. The van der Waals surface area contributed by atoms with Gasteiger partial charge in [-0.05, 0) is 36.0 Å². The summed E-state index contributed by atoms with van der Waals surface area (Å²) in [4.78, 5) is 9.80. The lowest BCUT2D eigenvalue weighted by atomic mass is 9.82. The van der Waals surface area contributed by atoms with Gasteiger partial charge in [0, 0.05) is 51.1 Å². The Morgan fingerprint density at radius 2 is 2.00 bits per heavy atom. The Morgan fingerprint density at radius 1 is 1.23 bits per heavy atom. The molecular formula is C23H37IN4OS. The Labute approximate surface area is 203 Å². The first-order valence-corrected chi connectivity index (χ1v) is 12.3. The van der Waals surface area contributed by atoms with Crippen LogP contribution < -0.4 is 5.32 Å². The molecule has 0 spiro atoms. The van der Waals surface area contributed by atoms with Crippen LogP contribution in [0.1, 0.15) is 31.2 Å². The van der Waals surface area contributed by atoms with E-state index in [1.54, 1.807) is 0 Å². The van der Waals surface area contributed by atoms with E-state index in [1.807, 2.05) is 7.05 Å². The smallest absolute Gasteiger partial charge is 0.193 e. The van der Waals surface area contributed by atoms with Crippen LogP contribution in [0.15, 0.2) is 35.3 Å². The van der Waals surface area contributed by atoms with Gasteiger partial charge in [0.15, 0.2) is 5.96 Å². The van der Waals surface area contributed by atoms with E-state index in [9.17, 15) is 0 Å². The van der Waals surface area contributed by atoms with Crippen LogP contribution in [0.4, 0.5) is 0 Å². The molecule has 3 aliphatic rings. The molecule has 0 aliphatic carbocycles. The fourth-order valence-corrected chi connectivity index (χ4v) is 6.72. The predicted octanol–water partition coefficient (Wildman–Crippen LogP) is 3.51. The van der Waals surface area contributed by atoms with Crippen molar-refractivity contribution in [2.24, 2.45) is 10.9 Å². The molecule has 5 nitrogen and oxygen atoms in total. The summed E-state index contributed by atoms with van der Waals surface area (Å²) in [7, 11) is 1.93. The quantitative estimate of drug-likeness (QED) is 0.357. The lowest BCUT2D eigenvalue weighted by Gasteiger charge is -2.44. The van der Waals surface area contributed by atoms with Crippen molar-refractivity contribution < 1.29 is 4.74 Å². The lowest BCUT2D eigenvalue weighted by Crippen LogP contribution is -2.60. The highest BCUT2D eigenvalue weighted by Crippen LogP contribution is 2.35. The average molecular weight is 545 g/mol. The van der Waals surface area contributed by atoms with Gasteiger partial charge in [-0.3, -0.25) is 9.89 Å². The molecule has 1 aromatic carbocycles. The second-order valence-corrected chi connectivity index (χ2v) is 9.86. The number of morpholine rings is 1. The van der Waals surface area contributed by atoms with E-state index in [2.05, 4.69) is 69.1 Å². The van der Waals surface area contributed by atoms with E-state index in [0.29, 0.717) is 11.8 Å². The molecule has 3 saturated heterocycles. The maximum atomic E-state index is 5.60. The predicted molar refractivity (Wildman–Crippen MR) is 138 cm³/mol. The number of piperidine rings is 1. The number of rotatable bonds is 4. The molecule has 3 unspecified atom stereocenters. The maximum Gasteiger partial charge on any atom is 0.193 e. The standard InChI is InChI=1S/C23H36N4OS.HI/c1-19-16-26(10-8-21(19)20-6-4-3-5-7-20)22(24-2)25-17-23(9-15-29-18-23)27-11-13-28-14-12-27;/h3-7,19,21H,8-18H2,1-2H3,(H,24,25);1H. The number of ether oxygens (including phenoxy) is 1. The molecule has 7 heteroatoms. The van der Waals surface area contributed by atoms with Crippen LogP contribution in [0.25, 0.3) is 0 Å². The van der Waals surface area contributed by atoms with Crippen molar-refractivity contribution >= 4 is 41.7 Å². The van der Waals surface area contributed by atoms with Crippen LogP contribution in [-0.2, 0) is 4.74 Å². The van der Waals surface area contributed by atoms with Crippen molar-refractivity contribution in [2.45, 2.75) is 31.2 Å². The minimum atomic E-state index is 0. The summed E-state index contributed by atoms with van der Waals surface area (Å²) in [6, 6.07) is 11.0. The Morgan fingerprint density at radius 3 is 2.63 bits per heavy atom. The van der Waals surface area contributed by atoms with Gasteiger partial charge >= 0.3 is 0 Å². The molecule has 0 amide bonds. The first-order valence-electron chi connectivity index (χ1n) is 11.1. The zero-order valence-electron chi connectivity index (χ0n) is 18.4. The first-order chi connectivity index (χ1) is 14.2. The van der Waals surface area contributed by atoms with Crippen molar-refractivity contribution in [3.8, 4) is 0 Å². The Balaban J connectivity index is 0.00000256. The highest BCUT2D eigenvalue weighted by Gasteiger charge is 2.41. The second kappa shape index (κ2) is 11.4. The summed E-state index contributed by atoms with van der Waals surface area (Å²) >= 11 is 2.09. The van der Waals surface area contributed by atoms with Crippen LogP contribution in [0.5, 0.6) is 0 Å². The summed E-state index contributed by atoms with van der Waals surface area (Å²) in [6.07, 6.45) is 2.45. The van der Waals surface area contributed by atoms with E-state index >= 15 is 0 Å². The highest BCUT2D eigenvalue weighted by atomic mass is 127. The molecule has 3 heterocycles. The third-order valence-electron chi connectivity index (χ3n) is 6.98. The number of likely N-dealkylation sites (tertiary alicyclic amines) is 1. The van der Waals surface area contributed by atoms with Crippen LogP contribution in [0, 0.1) is 5.92 Å². The molecule has 4 rings (SSSR count). The zero-order chi connectivity index (χ0) is 20.1. The topological polar surface area (TPSA) is 40.1 Å². The van der Waals surface area contributed by atoms with Gasteiger partial charge < -0.3 is 15.0 Å². The Kier molecular flexibility index (Phi) is 9.16.